The maximum Gasteiger partial charge on any atom is 0.255 e. The molecule has 1 unspecified atom stereocenters. The van der Waals surface area contributed by atoms with Gasteiger partial charge in [-0.15, -0.1) is 10.2 Å². The predicted octanol–water partition coefficient (Wildman–Crippen LogP) is 1.43. The Labute approximate surface area is 120 Å². The Hall–Kier alpha value is -1.40. The number of hydrogen-bond acceptors (Lipinski definition) is 4. The molecule has 0 aliphatic carbocycles. The molecule has 1 aromatic rings. The van der Waals surface area contributed by atoms with Gasteiger partial charge in [0.15, 0.2) is 10.3 Å². The molecule has 0 bridgehead atoms. The lowest BCUT2D eigenvalue weighted by atomic mass is 10.2. The fourth-order valence-electron chi connectivity index (χ4n) is 1.25. The van der Waals surface area contributed by atoms with Gasteiger partial charge >= 0.3 is 0 Å². The van der Waals surface area contributed by atoms with Crippen molar-refractivity contribution in [3.8, 4) is 0 Å². The summed E-state index contributed by atoms with van der Waals surface area (Å²) in [5.74, 6) is -0.791. The molecule has 2 amide bonds. The van der Waals surface area contributed by atoms with Crippen LogP contribution in [0.3, 0.4) is 0 Å². The third-order valence-electron chi connectivity index (χ3n) is 2.25. The minimum absolute atomic E-state index is 0.0534. The van der Waals surface area contributed by atoms with E-state index in [-0.39, 0.29) is 21.8 Å². The van der Waals surface area contributed by atoms with E-state index in [0.717, 1.165) is 6.42 Å². The second-order valence-electron chi connectivity index (χ2n) is 3.86. The summed E-state index contributed by atoms with van der Waals surface area (Å²) in [5, 5.41) is 12.2. The van der Waals surface area contributed by atoms with Crippen LogP contribution in [0.1, 0.15) is 30.6 Å². The molecule has 0 radical (unpaired) electrons. The van der Waals surface area contributed by atoms with Crippen molar-refractivity contribution in [2.24, 2.45) is 0 Å². The van der Waals surface area contributed by atoms with E-state index in [1.807, 2.05) is 6.92 Å². The highest BCUT2D eigenvalue weighted by Gasteiger charge is 2.19. The van der Waals surface area contributed by atoms with Gasteiger partial charge in [-0.25, -0.2) is 0 Å². The van der Waals surface area contributed by atoms with E-state index in [9.17, 15) is 9.59 Å². The summed E-state index contributed by atoms with van der Waals surface area (Å²) in [6.07, 6.45) is 0.822. The first-order valence-corrected chi connectivity index (χ1v) is 6.48. The van der Waals surface area contributed by atoms with Gasteiger partial charge in [0, 0.05) is 6.54 Å². The normalized spacial score (nSPS) is 11.8. The highest BCUT2D eigenvalue weighted by Crippen LogP contribution is 2.15. The fraction of sp³-hybridized carbons (Fsp3) is 0.455. The van der Waals surface area contributed by atoms with Gasteiger partial charge < -0.3 is 10.6 Å². The third kappa shape index (κ3) is 4.65. The van der Waals surface area contributed by atoms with E-state index < -0.39 is 11.9 Å². The van der Waals surface area contributed by atoms with E-state index >= 15 is 0 Å². The molecule has 0 spiro atoms. The van der Waals surface area contributed by atoms with Gasteiger partial charge in [0.1, 0.15) is 6.04 Å². The van der Waals surface area contributed by atoms with Gasteiger partial charge in [-0.05, 0) is 19.4 Å². The van der Waals surface area contributed by atoms with Crippen LogP contribution in [0.2, 0.25) is 10.3 Å². The highest BCUT2D eigenvalue weighted by atomic mass is 35.5. The fourth-order valence-corrected chi connectivity index (χ4v) is 1.58. The van der Waals surface area contributed by atoms with E-state index in [1.54, 1.807) is 6.92 Å². The van der Waals surface area contributed by atoms with E-state index in [0.29, 0.717) is 6.54 Å². The molecule has 2 N–H and O–H groups in total. The molecule has 1 rings (SSSR count). The number of rotatable bonds is 5. The lowest BCUT2D eigenvalue weighted by molar-refractivity contribution is -0.122. The molecule has 0 saturated carbocycles. The van der Waals surface area contributed by atoms with Crippen LogP contribution in [0.4, 0.5) is 0 Å². The first-order valence-electron chi connectivity index (χ1n) is 5.73. The predicted molar refractivity (Wildman–Crippen MR) is 72.3 cm³/mol. The lowest BCUT2D eigenvalue weighted by Crippen LogP contribution is -2.45. The van der Waals surface area contributed by atoms with Crippen molar-refractivity contribution in [2.75, 3.05) is 6.54 Å². The molecule has 8 heteroatoms. The van der Waals surface area contributed by atoms with Crippen LogP contribution in [0, 0.1) is 0 Å². The monoisotopic (exact) mass is 304 g/mol. The van der Waals surface area contributed by atoms with Gasteiger partial charge in [0.2, 0.25) is 5.91 Å². The van der Waals surface area contributed by atoms with Crippen LogP contribution in [0.5, 0.6) is 0 Å². The Morgan fingerprint density at radius 1 is 1.37 bits per heavy atom. The van der Waals surface area contributed by atoms with Gasteiger partial charge in [-0.3, -0.25) is 9.59 Å². The van der Waals surface area contributed by atoms with Gasteiger partial charge in [-0.1, -0.05) is 30.1 Å². The number of carbonyl (C=O) groups excluding carboxylic acids is 2. The number of nitrogens with zero attached hydrogens (tertiary/aromatic N) is 2. The number of carbonyl (C=O) groups is 2. The molecule has 1 aromatic heterocycles. The molecule has 6 nitrogen and oxygen atoms in total. The van der Waals surface area contributed by atoms with E-state index in [4.69, 9.17) is 23.2 Å². The SMILES string of the molecule is CCCNC(=O)C(C)NC(=O)c1cc(Cl)nnc1Cl. The summed E-state index contributed by atoms with van der Waals surface area (Å²) in [7, 11) is 0. The Balaban J connectivity index is 2.68. The summed E-state index contributed by atoms with van der Waals surface area (Å²) in [6.45, 7) is 4.07. The van der Waals surface area contributed by atoms with Crippen LogP contribution >= 0.6 is 23.2 Å². The largest absolute Gasteiger partial charge is 0.354 e. The molecule has 19 heavy (non-hydrogen) atoms. The molecule has 104 valence electrons. The molecular weight excluding hydrogens is 291 g/mol. The first-order chi connectivity index (χ1) is 8.95. The number of amides is 2. The topological polar surface area (TPSA) is 84.0 Å². The van der Waals surface area contributed by atoms with Crippen molar-refractivity contribution < 1.29 is 9.59 Å². The Morgan fingerprint density at radius 2 is 2.05 bits per heavy atom. The van der Waals surface area contributed by atoms with Crippen molar-refractivity contribution in [3.63, 3.8) is 0 Å². The van der Waals surface area contributed by atoms with Crippen LogP contribution in [0.25, 0.3) is 0 Å². The quantitative estimate of drug-likeness (QED) is 0.862. The highest BCUT2D eigenvalue weighted by molar-refractivity contribution is 6.34. The minimum Gasteiger partial charge on any atom is -0.354 e. The van der Waals surface area contributed by atoms with Crippen LogP contribution in [0.15, 0.2) is 6.07 Å². The summed E-state index contributed by atoms with van der Waals surface area (Å²) >= 11 is 11.4. The first kappa shape index (κ1) is 15.7. The van der Waals surface area contributed by atoms with Crippen LogP contribution in [-0.4, -0.2) is 34.6 Å². The molecule has 0 aliphatic heterocycles. The van der Waals surface area contributed by atoms with Crippen molar-refractivity contribution in [3.05, 3.63) is 21.9 Å². The zero-order chi connectivity index (χ0) is 14.4. The standard InChI is InChI=1S/C11H14Cl2N4O2/c1-3-4-14-10(18)6(2)15-11(19)7-5-8(12)16-17-9(7)13/h5-6H,3-4H2,1-2H3,(H,14,18)(H,15,19). The van der Waals surface area contributed by atoms with Crippen molar-refractivity contribution in [1.82, 2.24) is 20.8 Å². The van der Waals surface area contributed by atoms with Crippen molar-refractivity contribution >= 4 is 35.0 Å². The molecule has 0 fully saturated rings. The maximum absolute atomic E-state index is 11.9. The zero-order valence-corrected chi connectivity index (χ0v) is 12.0. The summed E-state index contributed by atoms with van der Waals surface area (Å²) in [5.41, 5.74) is 0.0804. The lowest BCUT2D eigenvalue weighted by Gasteiger charge is -2.14. The van der Waals surface area contributed by atoms with E-state index in [2.05, 4.69) is 20.8 Å². The summed E-state index contributed by atoms with van der Waals surface area (Å²) < 4.78 is 0. The van der Waals surface area contributed by atoms with Crippen molar-refractivity contribution in [2.45, 2.75) is 26.3 Å². The van der Waals surface area contributed by atoms with E-state index in [1.165, 1.54) is 6.07 Å². The molecule has 0 aliphatic rings. The average molecular weight is 305 g/mol. The Morgan fingerprint density at radius 3 is 2.68 bits per heavy atom. The molecular formula is C11H14Cl2N4O2. The Kier molecular flexibility index (Phi) is 5.98. The molecule has 1 atom stereocenters. The number of nitrogens with one attached hydrogen (secondary N) is 2. The number of halogens is 2. The second-order valence-corrected chi connectivity index (χ2v) is 4.60. The van der Waals surface area contributed by atoms with Crippen LogP contribution in [-0.2, 0) is 4.79 Å². The molecule has 0 saturated heterocycles. The Bertz CT molecular complexity index is 482. The summed E-state index contributed by atoms with van der Waals surface area (Å²) in [4.78, 5) is 23.5. The second kappa shape index (κ2) is 7.25. The molecule has 1 heterocycles. The third-order valence-corrected chi connectivity index (χ3v) is 2.72. The van der Waals surface area contributed by atoms with Crippen LogP contribution < -0.4 is 10.6 Å². The van der Waals surface area contributed by atoms with Crippen molar-refractivity contribution in [1.29, 1.82) is 0 Å². The number of hydrogen-bond donors (Lipinski definition) is 2. The zero-order valence-electron chi connectivity index (χ0n) is 10.5. The maximum atomic E-state index is 11.9. The average Bonchev–Trinajstić information content (AvgIpc) is 2.38. The molecule has 0 aromatic carbocycles. The van der Waals surface area contributed by atoms with Gasteiger partial charge in [0.25, 0.3) is 5.91 Å². The van der Waals surface area contributed by atoms with Gasteiger partial charge in [0.05, 0.1) is 5.56 Å². The minimum atomic E-state index is -0.679. The summed E-state index contributed by atoms with van der Waals surface area (Å²) in [6, 6.07) is 0.616. The number of aromatic nitrogens is 2. The smallest absolute Gasteiger partial charge is 0.255 e. The van der Waals surface area contributed by atoms with Gasteiger partial charge in [-0.2, -0.15) is 0 Å².